The predicted octanol–water partition coefficient (Wildman–Crippen LogP) is 12.8. The van der Waals surface area contributed by atoms with Crippen LogP contribution in [0.15, 0.2) is 133 Å². The van der Waals surface area contributed by atoms with E-state index in [1.165, 1.54) is 0 Å². The Morgan fingerprint density at radius 2 is 1.01 bits per heavy atom. The highest BCUT2D eigenvalue weighted by atomic mass is 16.5. The Labute approximate surface area is 609 Å². The van der Waals surface area contributed by atoms with Gasteiger partial charge in [0.2, 0.25) is 23.7 Å². The van der Waals surface area contributed by atoms with Crippen LogP contribution in [-0.4, -0.2) is 157 Å². The number of benzene rings is 4. The number of hydrogen-bond acceptors (Lipinski definition) is 21. The summed E-state index contributed by atoms with van der Waals surface area (Å²) in [7, 11) is 11.9. The molecular weight excluding hydrogens is 1350 g/mol. The molecular formula is C77H84N20O9. The van der Waals surface area contributed by atoms with Crippen LogP contribution in [0, 0.1) is 6.92 Å². The molecule has 3 fully saturated rings. The molecule has 3 amide bonds. The first-order chi connectivity index (χ1) is 51.5. The highest BCUT2D eigenvalue weighted by Gasteiger charge is 2.28. The fraction of sp³-hybridized carbons (Fsp3) is 0.299. The molecule has 0 unspecified atom stereocenters. The zero-order valence-corrected chi connectivity index (χ0v) is 60.5. The summed E-state index contributed by atoms with van der Waals surface area (Å²) in [6.07, 6.45) is 18.8. The lowest BCUT2D eigenvalue weighted by molar-refractivity contribution is 0.0904. The number of aryl methyl sites for hydroxylation is 3. The van der Waals surface area contributed by atoms with E-state index in [0.29, 0.717) is 99.7 Å². The largest absolute Gasteiger partial charge is 0.495 e. The number of amides is 3. The molecule has 1 saturated carbocycles. The minimum Gasteiger partial charge on any atom is -0.495 e. The van der Waals surface area contributed by atoms with Crippen LogP contribution in [0.5, 0.6) is 17.4 Å². The summed E-state index contributed by atoms with van der Waals surface area (Å²) in [5.74, 6) is 4.60. The SMILES string of the molecule is CNC(=O)c1ccc(Nc2nc(NC3CC3)c3c(-c4ccn(C)c4)c[nH]c3n2)c(OC)c1.CNC(=O)c1ccc(Nc2nc(NC3CCOCC3)c3c(-c4ccn(C)c4)c[nH]c3n2)c(OC)c1.CNC(=O)c1ccc(Nc2nc(O[C@H]3CCOC3)c3c(-c4ccc5nc(C)oc5c4)c[nH]c3n2)c(C(C)C)c1. The second kappa shape index (κ2) is 30.8. The van der Waals surface area contributed by atoms with E-state index in [9.17, 15) is 14.4 Å². The number of carbonyl (C=O) groups excluding carboxylic acids is 3. The number of carbonyl (C=O) groups is 3. The van der Waals surface area contributed by atoms with Gasteiger partial charge in [-0.2, -0.15) is 29.9 Å². The molecule has 0 bridgehead atoms. The van der Waals surface area contributed by atoms with Crippen molar-refractivity contribution in [1.82, 2.24) is 74.9 Å². The lowest BCUT2D eigenvalue weighted by atomic mass is 9.98. The molecule has 0 spiro atoms. The molecule has 2 aliphatic heterocycles. The van der Waals surface area contributed by atoms with Crippen molar-refractivity contribution < 1.29 is 42.5 Å². The summed E-state index contributed by atoms with van der Waals surface area (Å²) in [5.41, 5.74) is 14.5. The fourth-order valence-electron chi connectivity index (χ4n) is 12.9. The minimum absolute atomic E-state index is 0.101. The van der Waals surface area contributed by atoms with Gasteiger partial charge in [0, 0.05) is 167 Å². The third-order valence-corrected chi connectivity index (χ3v) is 18.6. The number of aromatic nitrogens is 12. The maximum Gasteiger partial charge on any atom is 0.251 e. The van der Waals surface area contributed by atoms with Crippen LogP contribution in [-0.2, 0) is 23.6 Å². The van der Waals surface area contributed by atoms with Crippen LogP contribution in [0.4, 0.5) is 46.5 Å². The van der Waals surface area contributed by atoms with Gasteiger partial charge in [0.25, 0.3) is 17.7 Å². The Hall–Kier alpha value is -12.5. The number of nitrogens with one attached hydrogen (secondary N) is 11. The van der Waals surface area contributed by atoms with Gasteiger partial charge >= 0.3 is 0 Å². The van der Waals surface area contributed by atoms with Gasteiger partial charge in [-0.1, -0.05) is 19.9 Å². The second-order valence-electron chi connectivity index (χ2n) is 26.4. The first-order valence-electron chi connectivity index (χ1n) is 35.1. The Bertz CT molecular complexity index is 5380. The number of H-pyrrole nitrogens is 3. The maximum atomic E-state index is 12.2. The minimum atomic E-state index is -0.185. The van der Waals surface area contributed by atoms with Crippen molar-refractivity contribution in [1.29, 1.82) is 0 Å². The molecule has 3 aliphatic rings. The van der Waals surface area contributed by atoms with Crippen LogP contribution >= 0.6 is 0 Å². The van der Waals surface area contributed by atoms with Gasteiger partial charge in [-0.05, 0) is 122 Å². The molecule has 0 radical (unpaired) electrons. The summed E-state index contributed by atoms with van der Waals surface area (Å²) < 4.78 is 38.3. The van der Waals surface area contributed by atoms with Crippen molar-refractivity contribution in [3.05, 3.63) is 156 Å². The molecule has 11 N–H and O–H groups in total. The Kier molecular flexibility index (Phi) is 20.5. The average molecular weight is 1430 g/mol. The molecule has 29 nitrogen and oxygen atoms in total. The summed E-state index contributed by atoms with van der Waals surface area (Å²) in [6, 6.07) is 26.7. The number of rotatable bonds is 21. The van der Waals surface area contributed by atoms with Gasteiger partial charge in [0.1, 0.15) is 51.7 Å². The van der Waals surface area contributed by atoms with Gasteiger partial charge in [0.05, 0.1) is 55.0 Å². The molecule has 11 heterocycles. The van der Waals surface area contributed by atoms with E-state index in [2.05, 4.69) is 101 Å². The fourth-order valence-corrected chi connectivity index (χ4v) is 12.9. The average Bonchev–Trinajstić information content (AvgIpc) is 1.59. The third kappa shape index (κ3) is 15.4. The molecule has 546 valence electrons. The predicted molar refractivity (Wildman–Crippen MR) is 409 cm³/mol. The van der Waals surface area contributed by atoms with Crippen LogP contribution in [0.25, 0.3) is 77.6 Å². The van der Waals surface area contributed by atoms with E-state index in [1.807, 2.05) is 91.5 Å². The maximum absolute atomic E-state index is 12.2. The molecule has 1 atom stereocenters. The summed E-state index contributed by atoms with van der Waals surface area (Å²) >= 11 is 0. The number of hydrogen-bond donors (Lipinski definition) is 11. The number of methoxy groups -OCH3 is 2. The molecule has 29 heteroatoms. The topological polar surface area (TPSA) is 354 Å². The molecule has 4 aromatic carbocycles. The number of oxazole rings is 1. The van der Waals surface area contributed by atoms with Crippen LogP contribution in [0.1, 0.15) is 94.4 Å². The summed E-state index contributed by atoms with van der Waals surface area (Å²) in [5, 5.41) is 27.7. The molecule has 9 aromatic heterocycles. The number of fused-ring (bicyclic) bond motifs is 4. The van der Waals surface area contributed by atoms with E-state index in [4.69, 9.17) is 58.0 Å². The second-order valence-corrected chi connectivity index (χ2v) is 26.4. The molecule has 106 heavy (non-hydrogen) atoms. The van der Waals surface area contributed by atoms with Gasteiger partial charge in [0.15, 0.2) is 11.5 Å². The van der Waals surface area contributed by atoms with Crippen LogP contribution < -0.4 is 56.7 Å². The Morgan fingerprint density at radius 1 is 0.528 bits per heavy atom. The van der Waals surface area contributed by atoms with Crippen molar-refractivity contribution in [2.75, 3.05) is 88.4 Å². The van der Waals surface area contributed by atoms with Crippen molar-refractivity contribution in [3.8, 4) is 50.8 Å². The van der Waals surface area contributed by atoms with E-state index in [0.717, 1.165) is 135 Å². The highest BCUT2D eigenvalue weighted by molar-refractivity contribution is 6.04. The quantitative estimate of drug-likeness (QED) is 0.0318. The molecule has 16 rings (SSSR count). The number of anilines is 8. The Balaban J connectivity index is 0.000000134. The smallest absolute Gasteiger partial charge is 0.251 e. The van der Waals surface area contributed by atoms with Gasteiger partial charge in [-0.3, -0.25) is 14.4 Å². The molecule has 13 aromatic rings. The van der Waals surface area contributed by atoms with Crippen LogP contribution in [0.2, 0.25) is 0 Å². The highest BCUT2D eigenvalue weighted by Crippen LogP contribution is 2.41. The normalized spacial score (nSPS) is 14.3. The summed E-state index contributed by atoms with van der Waals surface area (Å²) in [6.45, 7) is 8.61. The van der Waals surface area contributed by atoms with Gasteiger partial charge < -0.3 is 94.7 Å². The first-order valence-corrected chi connectivity index (χ1v) is 35.1. The zero-order valence-electron chi connectivity index (χ0n) is 60.5. The van der Waals surface area contributed by atoms with Gasteiger partial charge in [-0.25, -0.2) is 4.98 Å². The number of nitrogens with zero attached hydrogens (tertiary/aromatic N) is 9. The van der Waals surface area contributed by atoms with E-state index < -0.39 is 0 Å². The van der Waals surface area contributed by atoms with Crippen molar-refractivity contribution in [2.24, 2.45) is 14.1 Å². The van der Waals surface area contributed by atoms with Crippen LogP contribution in [0.3, 0.4) is 0 Å². The molecule has 1 aliphatic carbocycles. The molecule has 2 saturated heterocycles. The number of ether oxygens (including phenoxy) is 5. The monoisotopic (exact) mass is 1430 g/mol. The standard InChI is InChI=1S/C29H30N6O4.C25H29N7O3.C23H25N7O2/c1-15(2)20-11-18(27(36)30-4)6-7-22(20)33-29-34-26-25(28(35-29)39-19-9-10-37-14-19)21(13-31-26)17-5-8-23-24(12-17)38-16(3)32-23;1-26-24(33)15-4-5-19(20(12-15)34-3)29-25-30-22-21(18(13-27-22)16-6-9-32(2)14-16)23(31-25)28-17-7-10-35-11-8-17;1-24-22(31)13-4-7-17(18(10-13)32-3)27-23-28-20-19(21(29-23)26-15-5-6-15)16(11-25-20)14-8-9-30(2)12-14/h5-8,11-13,15,19H,9-10,14H2,1-4H3,(H,30,36)(H2,31,33,34,35);4-6,9,12-14,17H,7-8,10-11H2,1-3H3,(H,26,33)(H3,27,28,29,30,31);4,7-12,15H,5-6H2,1-3H3,(H,24,31)(H3,25,26,27,28,29)/t19-;;/m0../s1. The van der Waals surface area contributed by atoms with E-state index >= 15 is 0 Å². The van der Waals surface area contributed by atoms with Crippen molar-refractivity contribution >= 4 is 108 Å². The lowest BCUT2D eigenvalue weighted by Crippen LogP contribution is -2.28. The van der Waals surface area contributed by atoms with Crippen molar-refractivity contribution in [3.63, 3.8) is 0 Å². The summed E-state index contributed by atoms with van der Waals surface area (Å²) in [4.78, 5) is 79.2. The van der Waals surface area contributed by atoms with Crippen molar-refractivity contribution in [2.45, 2.75) is 77.0 Å². The van der Waals surface area contributed by atoms with E-state index in [-0.39, 0.29) is 35.8 Å². The van der Waals surface area contributed by atoms with E-state index in [1.54, 1.807) is 77.8 Å². The zero-order chi connectivity index (χ0) is 73.7. The van der Waals surface area contributed by atoms with Gasteiger partial charge in [-0.15, -0.1) is 0 Å². The number of aromatic amines is 3. The first kappa shape index (κ1) is 70.5. The third-order valence-electron chi connectivity index (χ3n) is 18.6. The Morgan fingerprint density at radius 3 is 1.49 bits per heavy atom. The lowest BCUT2D eigenvalue weighted by Gasteiger charge is -2.24.